The van der Waals surface area contributed by atoms with E-state index in [9.17, 15) is 0 Å². The third kappa shape index (κ3) is 1.13. The van der Waals surface area contributed by atoms with Crippen molar-refractivity contribution in [2.45, 2.75) is 56.8 Å². The highest BCUT2D eigenvalue weighted by Crippen LogP contribution is 2.53. The van der Waals surface area contributed by atoms with Gasteiger partial charge in [0.1, 0.15) is 0 Å². The lowest BCUT2D eigenvalue weighted by Gasteiger charge is -2.45. The third-order valence-electron chi connectivity index (χ3n) is 6.83. The molecule has 0 aliphatic heterocycles. The van der Waals surface area contributed by atoms with Crippen molar-refractivity contribution in [1.29, 1.82) is 0 Å². The zero-order valence-corrected chi connectivity index (χ0v) is 12.8. The minimum Gasteiger partial charge on any atom is -0.0546 e. The molecule has 0 bridgehead atoms. The second-order valence-electron chi connectivity index (χ2n) is 8.25. The molecule has 2 aromatic rings. The molecular formula is C21H20. The van der Waals surface area contributed by atoms with Crippen molar-refractivity contribution in [2.75, 3.05) is 0 Å². The van der Waals surface area contributed by atoms with Crippen molar-refractivity contribution < 1.29 is 0 Å². The first-order chi connectivity index (χ1) is 10.1. The van der Waals surface area contributed by atoms with Crippen LogP contribution in [0.5, 0.6) is 0 Å². The summed E-state index contributed by atoms with van der Waals surface area (Å²) in [5, 5.41) is 0. The number of hydrogen-bond acceptors (Lipinski definition) is 0. The lowest BCUT2D eigenvalue weighted by molar-refractivity contribution is 0.509. The summed E-state index contributed by atoms with van der Waals surface area (Å²) in [6.07, 6.45) is 5.35. The van der Waals surface area contributed by atoms with Crippen molar-refractivity contribution in [3.63, 3.8) is 0 Å². The molecule has 21 heavy (non-hydrogen) atoms. The van der Waals surface area contributed by atoms with Gasteiger partial charge >= 0.3 is 0 Å². The van der Waals surface area contributed by atoms with Gasteiger partial charge in [0.25, 0.3) is 0 Å². The van der Waals surface area contributed by atoms with E-state index in [-0.39, 0.29) is 5.41 Å². The lowest BCUT2D eigenvalue weighted by Crippen LogP contribution is -2.34. The molecular weight excluding hydrogens is 252 g/mol. The molecule has 6 rings (SSSR count). The molecule has 2 aromatic carbocycles. The highest BCUT2D eigenvalue weighted by Gasteiger charge is 2.41. The lowest BCUT2D eigenvalue weighted by atomic mass is 9.59. The van der Waals surface area contributed by atoms with Gasteiger partial charge in [-0.1, -0.05) is 38.1 Å². The van der Waals surface area contributed by atoms with Gasteiger partial charge in [-0.05, 0) is 82.0 Å². The summed E-state index contributed by atoms with van der Waals surface area (Å²) in [7, 11) is 0. The van der Waals surface area contributed by atoms with Crippen LogP contribution in [0.3, 0.4) is 0 Å². The first-order valence-electron chi connectivity index (χ1n) is 8.43. The van der Waals surface area contributed by atoms with E-state index in [2.05, 4.69) is 38.1 Å². The fourth-order valence-electron chi connectivity index (χ4n) is 5.26. The molecule has 4 aliphatic carbocycles. The molecule has 0 unspecified atom stereocenters. The SMILES string of the molecule is CC(C)(c1cc2c3c(c1)CC3C2)c1cc2c3c(c1)CC3C2. The number of rotatable bonds is 2. The normalized spacial score (nSPS) is 20.7. The summed E-state index contributed by atoms with van der Waals surface area (Å²) >= 11 is 0. The summed E-state index contributed by atoms with van der Waals surface area (Å²) in [6.45, 7) is 4.83. The Morgan fingerprint density at radius 3 is 1.29 bits per heavy atom. The molecule has 0 atom stereocenters. The van der Waals surface area contributed by atoms with Gasteiger partial charge in [0.2, 0.25) is 0 Å². The summed E-state index contributed by atoms with van der Waals surface area (Å²) in [6, 6.07) is 10.0. The first-order valence-corrected chi connectivity index (χ1v) is 8.43. The van der Waals surface area contributed by atoms with Crippen LogP contribution >= 0.6 is 0 Å². The average molecular weight is 272 g/mol. The van der Waals surface area contributed by atoms with Crippen LogP contribution in [0.15, 0.2) is 24.3 Å². The second kappa shape index (κ2) is 3.11. The zero-order valence-electron chi connectivity index (χ0n) is 12.8. The van der Waals surface area contributed by atoms with Gasteiger partial charge in [0, 0.05) is 5.41 Å². The number of benzene rings is 2. The molecule has 0 aromatic heterocycles. The monoisotopic (exact) mass is 272 g/mol. The predicted molar refractivity (Wildman–Crippen MR) is 85.3 cm³/mol. The van der Waals surface area contributed by atoms with Gasteiger partial charge < -0.3 is 0 Å². The average Bonchev–Trinajstić information content (AvgIpc) is 2.32. The zero-order chi connectivity index (χ0) is 13.9. The Bertz CT molecular complexity index is 714. The molecule has 0 saturated carbocycles. The summed E-state index contributed by atoms with van der Waals surface area (Å²) in [5.41, 5.74) is 13.2. The summed E-state index contributed by atoms with van der Waals surface area (Å²) < 4.78 is 0. The Morgan fingerprint density at radius 1 is 0.667 bits per heavy atom. The molecule has 0 heteroatoms. The largest absolute Gasteiger partial charge is 0.0546 e. The van der Waals surface area contributed by atoms with E-state index in [0.717, 1.165) is 11.8 Å². The van der Waals surface area contributed by atoms with Crippen molar-refractivity contribution in [3.8, 4) is 0 Å². The standard InChI is InChI=1S/C21H20/c1-21(2,17-7-13-3-11-4-14(8-17)19(11)13)18-9-15-5-12-6-16(10-18)20(12)15/h7-12H,3-6H2,1-2H3. The van der Waals surface area contributed by atoms with Crippen LogP contribution in [-0.2, 0) is 31.1 Å². The molecule has 0 heterocycles. The Labute approximate surface area is 126 Å². The Hall–Kier alpha value is -1.56. The highest BCUT2D eigenvalue weighted by molar-refractivity contribution is 5.61. The number of hydrogen-bond donors (Lipinski definition) is 0. The molecule has 0 radical (unpaired) electrons. The molecule has 104 valence electrons. The van der Waals surface area contributed by atoms with E-state index >= 15 is 0 Å². The Morgan fingerprint density at radius 2 is 1.00 bits per heavy atom. The maximum atomic E-state index is 2.50. The Kier molecular flexibility index (Phi) is 1.64. The minimum atomic E-state index is 0.151. The molecule has 0 N–H and O–H groups in total. The van der Waals surface area contributed by atoms with Crippen LogP contribution in [0.1, 0.15) is 70.2 Å². The molecule has 0 amide bonds. The molecule has 0 nitrogen and oxygen atoms in total. The first kappa shape index (κ1) is 11.1. The van der Waals surface area contributed by atoms with Gasteiger partial charge in [0.15, 0.2) is 0 Å². The van der Waals surface area contributed by atoms with Crippen LogP contribution in [0.25, 0.3) is 0 Å². The van der Waals surface area contributed by atoms with Crippen molar-refractivity contribution >= 4 is 0 Å². The highest BCUT2D eigenvalue weighted by atomic mass is 14.5. The van der Waals surface area contributed by atoms with Crippen LogP contribution in [0.4, 0.5) is 0 Å². The van der Waals surface area contributed by atoms with E-state index in [1.165, 1.54) is 36.8 Å². The fraction of sp³-hybridized carbons (Fsp3) is 0.429. The van der Waals surface area contributed by atoms with Crippen molar-refractivity contribution in [1.82, 2.24) is 0 Å². The van der Waals surface area contributed by atoms with Gasteiger partial charge in [-0.2, -0.15) is 0 Å². The van der Waals surface area contributed by atoms with Gasteiger partial charge in [-0.15, -0.1) is 0 Å². The van der Waals surface area contributed by atoms with E-state index in [1.807, 2.05) is 0 Å². The van der Waals surface area contributed by atoms with Crippen LogP contribution in [0.2, 0.25) is 0 Å². The Balaban J connectivity index is 1.51. The van der Waals surface area contributed by atoms with Crippen LogP contribution < -0.4 is 0 Å². The van der Waals surface area contributed by atoms with Crippen LogP contribution in [0, 0.1) is 0 Å². The fourth-order valence-corrected chi connectivity index (χ4v) is 5.26. The van der Waals surface area contributed by atoms with Crippen molar-refractivity contribution in [2.24, 2.45) is 0 Å². The quantitative estimate of drug-likeness (QED) is 0.760. The molecule has 0 fully saturated rings. The molecule has 0 spiro atoms. The van der Waals surface area contributed by atoms with E-state index < -0.39 is 0 Å². The van der Waals surface area contributed by atoms with E-state index in [1.54, 1.807) is 33.4 Å². The minimum absolute atomic E-state index is 0.151. The third-order valence-corrected chi connectivity index (χ3v) is 6.83. The van der Waals surface area contributed by atoms with Gasteiger partial charge in [0.05, 0.1) is 0 Å². The smallest absolute Gasteiger partial charge is 0.0146 e. The van der Waals surface area contributed by atoms with Gasteiger partial charge in [-0.25, -0.2) is 0 Å². The predicted octanol–water partition coefficient (Wildman–Crippen LogP) is 4.40. The topological polar surface area (TPSA) is 0 Å². The molecule has 0 saturated heterocycles. The maximum absolute atomic E-state index is 2.50. The summed E-state index contributed by atoms with van der Waals surface area (Å²) in [4.78, 5) is 0. The van der Waals surface area contributed by atoms with Crippen LogP contribution in [-0.4, -0.2) is 0 Å². The van der Waals surface area contributed by atoms with Gasteiger partial charge in [-0.3, -0.25) is 0 Å². The van der Waals surface area contributed by atoms with Crippen molar-refractivity contribution in [3.05, 3.63) is 68.8 Å². The second-order valence-corrected chi connectivity index (χ2v) is 8.25. The van der Waals surface area contributed by atoms with E-state index in [4.69, 9.17) is 0 Å². The van der Waals surface area contributed by atoms with E-state index in [0.29, 0.717) is 0 Å². The molecule has 4 aliphatic rings. The summed E-state index contributed by atoms with van der Waals surface area (Å²) in [5.74, 6) is 1.86. The maximum Gasteiger partial charge on any atom is 0.0146 e.